The molecule has 150 valence electrons. The first-order valence-electron chi connectivity index (χ1n) is 10.1. The maximum absolute atomic E-state index is 12.5. The summed E-state index contributed by atoms with van der Waals surface area (Å²) in [6.45, 7) is 0.408. The molecule has 2 saturated carbocycles. The third-order valence-corrected chi connectivity index (χ3v) is 6.63. The van der Waals surface area contributed by atoms with Crippen molar-refractivity contribution in [1.29, 1.82) is 0 Å². The Balaban J connectivity index is 1.20. The SMILES string of the molecule is CN(c1ccc(CNC(=O)c2ccc3c(c2)[nH]c(=O)n3C)cn1)C1CC2(CC2)C1. The number of imidazole rings is 1. The summed E-state index contributed by atoms with van der Waals surface area (Å²) in [4.78, 5) is 33.8. The highest BCUT2D eigenvalue weighted by molar-refractivity contribution is 5.97. The predicted octanol–water partition coefficient (Wildman–Crippen LogP) is 2.57. The van der Waals surface area contributed by atoms with Gasteiger partial charge in [-0.15, -0.1) is 0 Å². The number of H-pyrrole nitrogens is 1. The number of hydrogen-bond acceptors (Lipinski definition) is 4. The number of benzene rings is 1. The first-order valence-corrected chi connectivity index (χ1v) is 10.1. The van der Waals surface area contributed by atoms with Crippen LogP contribution in [-0.4, -0.2) is 33.5 Å². The van der Waals surface area contributed by atoms with Crippen LogP contribution in [0.1, 0.15) is 41.6 Å². The van der Waals surface area contributed by atoms with Gasteiger partial charge in [0.2, 0.25) is 0 Å². The largest absolute Gasteiger partial charge is 0.357 e. The summed E-state index contributed by atoms with van der Waals surface area (Å²) in [6.07, 6.45) is 7.21. The van der Waals surface area contributed by atoms with Crippen molar-refractivity contribution in [3.63, 3.8) is 0 Å². The molecule has 2 aromatic heterocycles. The number of aryl methyl sites for hydroxylation is 1. The van der Waals surface area contributed by atoms with Crippen LogP contribution in [0.25, 0.3) is 11.0 Å². The minimum absolute atomic E-state index is 0.179. The van der Waals surface area contributed by atoms with E-state index in [1.165, 1.54) is 30.3 Å². The number of aromatic amines is 1. The van der Waals surface area contributed by atoms with Crippen molar-refractivity contribution >= 4 is 22.8 Å². The fourth-order valence-electron chi connectivity index (χ4n) is 4.38. The number of aromatic nitrogens is 3. The van der Waals surface area contributed by atoms with Crippen molar-refractivity contribution in [2.45, 2.75) is 38.3 Å². The fraction of sp³-hybridized carbons (Fsp3) is 0.409. The van der Waals surface area contributed by atoms with E-state index >= 15 is 0 Å². The van der Waals surface area contributed by atoms with Crippen LogP contribution in [-0.2, 0) is 13.6 Å². The topological polar surface area (TPSA) is 83.0 Å². The van der Waals surface area contributed by atoms with E-state index in [-0.39, 0.29) is 11.6 Å². The second-order valence-electron chi connectivity index (χ2n) is 8.60. The number of hydrogen-bond donors (Lipinski definition) is 2. The van der Waals surface area contributed by atoms with Crippen molar-refractivity contribution in [2.24, 2.45) is 12.5 Å². The summed E-state index contributed by atoms with van der Waals surface area (Å²) in [5.74, 6) is 0.807. The second-order valence-corrected chi connectivity index (χ2v) is 8.60. The Morgan fingerprint density at radius 1 is 1.31 bits per heavy atom. The van der Waals surface area contributed by atoms with Gasteiger partial charge in [0.15, 0.2) is 0 Å². The third-order valence-electron chi connectivity index (χ3n) is 6.63. The molecule has 1 aromatic carbocycles. The van der Waals surface area contributed by atoms with Gasteiger partial charge < -0.3 is 15.2 Å². The number of fused-ring (bicyclic) bond motifs is 1. The highest BCUT2D eigenvalue weighted by Crippen LogP contribution is 2.61. The van der Waals surface area contributed by atoms with E-state index in [0.29, 0.717) is 29.1 Å². The van der Waals surface area contributed by atoms with Gasteiger partial charge in [-0.25, -0.2) is 9.78 Å². The van der Waals surface area contributed by atoms with Gasteiger partial charge in [-0.05, 0) is 60.9 Å². The lowest BCUT2D eigenvalue weighted by molar-refractivity contribution is 0.0951. The Morgan fingerprint density at radius 3 is 2.79 bits per heavy atom. The van der Waals surface area contributed by atoms with Crippen LogP contribution in [0.2, 0.25) is 0 Å². The quantitative estimate of drug-likeness (QED) is 0.700. The molecule has 3 aromatic rings. The van der Waals surface area contributed by atoms with Gasteiger partial charge in [0.05, 0.1) is 11.0 Å². The maximum atomic E-state index is 12.5. The summed E-state index contributed by atoms with van der Waals surface area (Å²) in [5.41, 5.74) is 3.39. The van der Waals surface area contributed by atoms with Crippen molar-refractivity contribution in [3.05, 3.63) is 58.1 Å². The lowest BCUT2D eigenvalue weighted by atomic mass is 9.76. The van der Waals surface area contributed by atoms with E-state index in [9.17, 15) is 9.59 Å². The normalized spacial score (nSPS) is 17.3. The van der Waals surface area contributed by atoms with Gasteiger partial charge in [-0.2, -0.15) is 0 Å². The molecule has 0 radical (unpaired) electrons. The monoisotopic (exact) mass is 391 g/mol. The molecule has 0 saturated heterocycles. The molecular formula is C22H25N5O2. The summed E-state index contributed by atoms with van der Waals surface area (Å²) < 4.78 is 1.52. The van der Waals surface area contributed by atoms with E-state index in [0.717, 1.165) is 16.9 Å². The summed E-state index contributed by atoms with van der Waals surface area (Å²) in [6, 6.07) is 9.86. The van der Waals surface area contributed by atoms with E-state index in [1.807, 2.05) is 18.3 Å². The van der Waals surface area contributed by atoms with E-state index in [1.54, 1.807) is 25.2 Å². The van der Waals surface area contributed by atoms with Crippen LogP contribution in [0.5, 0.6) is 0 Å². The lowest BCUT2D eigenvalue weighted by Crippen LogP contribution is -2.44. The number of amides is 1. The molecule has 0 aliphatic heterocycles. The lowest BCUT2D eigenvalue weighted by Gasteiger charge is -2.42. The van der Waals surface area contributed by atoms with E-state index in [4.69, 9.17) is 0 Å². The predicted molar refractivity (Wildman–Crippen MR) is 112 cm³/mol. The number of carbonyl (C=O) groups is 1. The molecule has 2 heterocycles. The second kappa shape index (κ2) is 6.47. The first kappa shape index (κ1) is 18.0. The molecule has 2 aliphatic carbocycles. The number of carbonyl (C=O) groups excluding carboxylic acids is 1. The van der Waals surface area contributed by atoms with Crippen LogP contribution >= 0.6 is 0 Å². The molecule has 7 heteroatoms. The molecule has 7 nitrogen and oxygen atoms in total. The third kappa shape index (κ3) is 3.20. The highest BCUT2D eigenvalue weighted by atomic mass is 16.2. The van der Waals surface area contributed by atoms with Crippen LogP contribution in [0.15, 0.2) is 41.3 Å². The molecule has 1 amide bonds. The standard InChI is InChI=1S/C22H25N5O2/c1-26(16-10-22(11-16)7-8-22)19-6-3-14(12-23-19)13-24-20(28)15-4-5-18-17(9-15)25-21(29)27(18)2/h3-6,9,12,16H,7-8,10-11,13H2,1-2H3,(H,24,28)(H,25,29). The molecule has 0 atom stereocenters. The molecule has 5 rings (SSSR count). The number of rotatable bonds is 5. The summed E-state index contributed by atoms with van der Waals surface area (Å²) >= 11 is 0. The Labute approximate surface area is 168 Å². The van der Waals surface area contributed by atoms with Crippen LogP contribution < -0.4 is 15.9 Å². The Bertz CT molecular complexity index is 1130. The Hall–Kier alpha value is -3.09. The number of nitrogens with zero attached hydrogens (tertiary/aromatic N) is 3. The van der Waals surface area contributed by atoms with Gasteiger partial charge >= 0.3 is 5.69 Å². The fourth-order valence-corrected chi connectivity index (χ4v) is 4.38. The zero-order valence-corrected chi connectivity index (χ0v) is 16.7. The van der Waals surface area contributed by atoms with E-state index in [2.05, 4.69) is 27.2 Å². The molecule has 2 N–H and O–H groups in total. The minimum atomic E-state index is -0.192. The summed E-state index contributed by atoms with van der Waals surface area (Å²) in [7, 11) is 3.82. The van der Waals surface area contributed by atoms with Crippen molar-refractivity contribution in [3.8, 4) is 0 Å². The first-order chi connectivity index (χ1) is 13.9. The van der Waals surface area contributed by atoms with Gasteiger partial charge in [-0.3, -0.25) is 9.36 Å². The molecule has 29 heavy (non-hydrogen) atoms. The minimum Gasteiger partial charge on any atom is -0.357 e. The molecule has 2 aliphatic rings. The number of nitrogens with one attached hydrogen (secondary N) is 2. The Morgan fingerprint density at radius 2 is 2.10 bits per heavy atom. The average molecular weight is 391 g/mol. The van der Waals surface area contributed by atoms with Gasteiger partial charge in [0, 0.05) is 38.4 Å². The van der Waals surface area contributed by atoms with Gasteiger partial charge in [-0.1, -0.05) is 6.07 Å². The van der Waals surface area contributed by atoms with Crippen LogP contribution in [0, 0.1) is 5.41 Å². The van der Waals surface area contributed by atoms with Crippen LogP contribution in [0.3, 0.4) is 0 Å². The van der Waals surface area contributed by atoms with E-state index < -0.39 is 0 Å². The van der Waals surface area contributed by atoms with Crippen molar-refractivity contribution in [1.82, 2.24) is 19.9 Å². The molecule has 2 fully saturated rings. The van der Waals surface area contributed by atoms with Crippen molar-refractivity contribution < 1.29 is 4.79 Å². The van der Waals surface area contributed by atoms with Crippen LogP contribution in [0.4, 0.5) is 5.82 Å². The average Bonchev–Trinajstić information content (AvgIpc) is 3.46. The maximum Gasteiger partial charge on any atom is 0.326 e. The number of anilines is 1. The zero-order valence-electron chi connectivity index (χ0n) is 16.7. The van der Waals surface area contributed by atoms with Gasteiger partial charge in [0.25, 0.3) is 5.91 Å². The Kier molecular flexibility index (Phi) is 4.01. The highest BCUT2D eigenvalue weighted by Gasteiger charge is 2.54. The molecule has 0 bridgehead atoms. The van der Waals surface area contributed by atoms with Crippen molar-refractivity contribution in [2.75, 3.05) is 11.9 Å². The molecular weight excluding hydrogens is 366 g/mol. The van der Waals surface area contributed by atoms with Gasteiger partial charge in [0.1, 0.15) is 5.82 Å². The zero-order chi connectivity index (χ0) is 20.2. The molecule has 0 unspecified atom stereocenters. The number of pyridine rings is 1. The molecule has 1 spiro atoms. The summed E-state index contributed by atoms with van der Waals surface area (Å²) in [5, 5.41) is 2.92. The smallest absolute Gasteiger partial charge is 0.326 e.